The smallest absolute Gasteiger partial charge is 0.212 e. The van der Waals surface area contributed by atoms with Crippen molar-refractivity contribution in [2.45, 2.75) is 25.3 Å². The van der Waals surface area contributed by atoms with E-state index in [4.69, 9.17) is 4.74 Å². The number of nitrogens with one attached hydrogen (secondary N) is 1. The standard InChI is InChI=1S/C17H19FN2O3S/c18-13-6-7-17-15(12-13)16(5-3-10-23-17)20-24(21,22)11-8-14-4-1-2-9-19-14/h1-2,4,6-7,9,12,16,20H,3,5,8,10-11H2/t16-/m0/s1. The number of fused-ring (bicyclic) bond motifs is 1. The Balaban J connectivity index is 1.73. The third-order valence-corrected chi connectivity index (χ3v) is 5.30. The molecule has 5 nitrogen and oxygen atoms in total. The maximum atomic E-state index is 13.6. The zero-order chi connectivity index (χ0) is 17.0. The van der Waals surface area contributed by atoms with Gasteiger partial charge in [0.25, 0.3) is 0 Å². The average Bonchev–Trinajstić information content (AvgIpc) is 2.76. The van der Waals surface area contributed by atoms with Crippen molar-refractivity contribution in [2.75, 3.05) is 12.4 Å². The van der Waals surface area contributed by atoms with Gasteiger partial charge in [0, 0.05) is 23.9 Å². The second-order valence-corrected chi connectivity index (χ2v) is 7.61. The van der Waals surface area contributed by atoms with Crippen LogP contribution in [0.15, 0.2) is 42.6 Å². The number of halogens is 1. The lowest BCUT2D eigenvalue weighted by Gasteiger charge is -2.18. The van der Waals surface area contributed by atoms with E-state index in [0.29, 0.717) is 37.2 Å². The highest BCUT2D eigenvalue weighted by molar-refractivity contribution is 7.89. The van der Waals surface area contributed by atoms with Gasteiger partial charge in [-0.3, -0.25) is 4.98 Å². The molecule has 7 heteroatoms. The molecule has 0 saturated heterocycles. The Morgan fingerprint density at radius 3 is 2.96 bits per heavy atom. The van der Waals surface area contributed by atoms with Crippen LogP contribution in [0.4, 0.5) is 4.39 Å². The molecule has 0 spiro atoms. The number of benzene rings is 1. The first-order valence-corrected chi connectivity index (χ1v) is 9.51. The summed E-state index contributed by atoms with van der Waals surface area (Å²) in [4.78, 5) is 4.13. The lowest BCUT2D eigenvalue weighted by molar-refractivity contribution is 0.315. The maximum absolute atomic E-state index is 13.6. The van der Waals surface area contributed by atoms with Gasteiger partial charge in [-0.05, 0) is 43.2 Å². The van der Waals surface area contributed by atoms with Crippen molar-refractivity contribution in [3.8, 4) is 5.75 Å². The molecule has 128 valence electrons. The molecule has 2 heterocycles. The Hall–Kier alpha value is -1.99. The van der Waals surface area contributed by atoms with Crippen LogP contribution in [0.3, 0.4) is 0 Å². The molecule has 2 aromatic rings. The summed E-state index contributed by atoms with van der Waals surface area (Å²) in [6.45, 7) is 0.491. The molecule has 0 amide bonds. The predicted molar refractivity (Wildman–Crippen MR) is 88.7 cm³/mol. The van der Waals surface area contributed by atoms with Crippen LogP contribution in [0.25, 0.3) is 0 Å². The summed E-state index contributed by atoms with van der Waals surface area (Å²) in [5.74, 6) is 0.0645. The van der Waals surface area contributed by atoms with Gasteiger partial charge in [-0.1, -0.05) is 6.07 Å². The number of hydrogen-bond donors (Lipinski definition) is 1. The van der Waals surface area contributed by atoms with Crippen molar-refractivity contribution < 1.29 is 17.5 Å². The molecule has 0 aliphatic carbocycles. The average molecular weight is 350 g/mol. The van der Waals surface area contributed by atoms with Crippen molar-refractivity contribution in [3.05, 3.63) is 59.7 Å². The Labute approximate surface area is 140 Å². The van der Waals surface area contributed by atoms with E-state index in [2.05, 4.69) is 9.71 Å². The minimum atomic E-state index is -3.52. The lowest BCUT2D eigenvalue weighted by Crippen LogP contribution is -2.31. The van der Waals surface area contributed by atoms with Crippen molar-refractivity contribution in [2.24, 2.45) is 0 Å². The molecule has 1 aromatic carbocycles. The van der Waals surface area contributed by atoms with Crippen molar-refractivity contribution in [3.63, 3.8) is 0 Å². The zero-order valence-electron chi connectivity index (χ0n) is 13.1. The second-order valence-electron chi connectivity index (χ2n) is 5.73. The van der Waals surface area contributed by atoms with E-state index in [-0.39, 0.29) is 5.75 Å². The molecule has 3 rings (SSSR count). The molecule has 0 fully saturated rings. The van der Waals surface area contributed by atoms with Crippen LogP contribution in [0.1, 0.15) is 30.1 Å². The zero-order valence-corrected chi connectivity index (χ0v) is 13.9. The molecule has 1 aromatic heterocycles. The van der Waals surface area contributed by atoms with Gasteiger partial charge in [0.15, 0.2) is 0 Å². The Morgan fingerprint density at radius 1 is 1.29 bits per heavy atom. The summed E-state index contributed by atoms with van der Waals surface area (Å²) in [5, 5.41) is 0. The maximum Gasteiger partial charge on any atom is 0.212 e. The molecular weight excluding hydrogens is 331 g/mol. The molecule has 0 saturated carbocycles. The van der Waals surface area contributed by atoms with E-state index < -0.39 is 21.9 Å². The van der Waals surface area contributed by atoms with E-state index in [1.54, 1.807) is 24.4 Å². The first-order chi connectivity index (χ1) is 11.5. The molecule has 1 aliphatic heterocycles. The van der Waals surface area contributed by atoms with Crippen molar-refractivity contribution >= 4 is 10.0 Å². The third-order valence-electron chi connectivity index (χ3n) is 3.92. The number of pyridine rings is 1. The Morgan fingerprint density at radius 2 is 2.17 bits per heavy atom. The van der Waals surface area contributed by atoms with Gasteiger partial charge >= 0.3 is 0 Å². The summed E-state index contributed by atoms with van der Waals surface area (Å²) in [7, 11) is -3.52. The number of aryl methyl sites for hydroxylation is 1. The van der Waals surface area contributed by atoms with Crippen LogP contribution in [-0.2, 0) is 16.4 Å². The van der Waals surface area contributed by atoms with Crippen LogP contribution in [0.2, 0.25) is 0 Å². The molecule has 0 radical (unpaired) electrons. The fourth-order valence-corrected chi connectivity index (χ4v) is 4.01. The van der Waals surface area contributed by atoms with Crippen molar-refractivity contribution in [1.29, 1.82) is 0 Å². The number of hydrogen-bond acceptors (Lipinski definition) is 4. The molecule has 0 unspecified atom stereocenters. The van der Waals surface area contributed by atoms with E-state index in [1.165, 1.54) is 12.1 Å². The van der Waals surface area contributed by atoms with Gasteiger partial charge in [0.2, 0.25) is 10.0 Å². The van der Waals surface area contributed by atoms with Gasteiger partial charge < -0.3 is 4.74 Å². The van der Waals surface area contributed by atoms with Gasteiger partial charge in [-0.25, -0.2) is 17.5 Å². The highest BCUT2D eigenvalue weighted by Crippen LogP contribution is 2.32. The normalized spacial score (nSPS) is 17.6. The minimum absolute atomic E-state index is 0.0635. The Kier molecular flexibility index (Phi) is 5.11. The van der Waals surface area contributed by atoms with Gasteiger partial charge in [0.1, 0.15) is 11.6 Å². The summed E-state index contributed by atoms with van der Waals surface area (Å²) >= 11 is 0. The van der Waals surface area contributed by atoms with E-state index >= 15 is 0 Å². The van der Waals surface area contributed by atoms with Gasteiger partial charge in [0.05, 0.1) is 18.4 Å². The fraction of sp³-hybridized carbons (Fsp3) is 0.353. The minimum Gasteiger partial charge on any atom is -0.493 e. The Bertz CT molecular complexity index is 797. The SMILES string of the molecule is O=S(=O)(CCc1ccccn1)N[C@H]1CCCOc2ccc(F)cc21. The monoisotopic (exact) mass is 350 g/mol. The van der Waals surface area contributed by atoms with Crippen molar-refractivity contribution in [1.82, 2.24) is 9.71 Å². The number of ether oxygens (including phenoxy) is 1. The van der Waals surface area contributed by atoms with E-state index in [9.17, 15) is 12.8 Å². The van der Waals surface area contributed by atoms with Crippen LogP contribution < -0.4 is 9.46 Å². The molecule has 1 atom stereocenters. The first kappa shape index (κ1) is 16.9. The van der Waals surface area contributed by atoms with Crippen LogP contribution in [0.5, 0.6) is 5.75 Å². The summed E-state index contributed by atoms with van der Waals surface area (Å²) in [6, 6.07) is 9.12. The molecular formula is C17H19FN2O3S. The predicted octanol–water partition coefficient (Wildman–Crippen LogP) is 2.60. The number of nitrogens with zero attached hydrogens (tertiary/aromatic N) is 1. The van der Waals surface area contributed by atoms with Crippen LogP contribution in [0, 0.1) is 5.82 Å². The van der Waals surface area contributed by atoms with E-state index in [1.807, 2.05) is 6.07 Å². The highest BCUT2D eigenvalue weighted by Gasteiger charge is 2.25. The number of rotatable bonds is 5. The third kappa shape index (κ3) is 4.30. The quantitative estimate of drug-likeness (QED) is 0.900. The topological polar surface area (TPSA) is 68.3 Å². The van der Waals surface area contributed by atoms with E-state index in [0.717, 1.165) is 5.69 Å². The summed E-state index contributed by atoms with van der Waals surface area (Å²) in [6.07, 6.45) is 3.23. The highest BCUT2D eigenvalue weighted by atomic mass is 32.2. The molecule has 1 N–H and O–H groups in total. The largest absolute Gasteiger partial charge is 0.493 e. The number of sulfonamides is 1. The summed E-state index contributed by atoms with van der Waals surface area (Å²) in [5.41, 5.74) is 1.27. The second kappa shape index (κ2) is 7.27. The molecule has 24 heavy (non-hydrogen) atoms. The number of aromatic nitrogens is 1. The van der Waals surface area contributed by atoms with Crippen LogP contribution >= 0.6 is 0 Å². The first-order valence-electron chi connectivity index (χ1n) is 7.86. The van der Waals surface area contributed by atoms with Gasteiger partial charge in [-0.15, -0.1) is 0 Å². The fourth-order valence-electron chi connectivity index (χ4n) is 2.73. The lowest BCUT2D eigenvalue weighted by atomic mass is 10.0. The van der Waals surface area contributed by atoms with Crippen LogP contribution in [-0.4, -0.2) is 25.8 Å². The molecule has 1 aliphatic rings. The van der Waals surface area contributed by atoms with Gasteiger partial charge in [-0.2, -0.15) is 0 Å². The summed E-state index contributed by atoms with van der Waals surface area (Å²) < 4.78 is 46.6. The molecule has 0 bridgehead atoms.